The Labute approximate surface area is 162 Å². The van der Waals surface area contributed by atoms with Crippen molar-refractivity contribution in [3.63, 3.8) is 0 Å². The van der Waals surface area contributed by atoms with E-state index in [-0.39, 0.29) is 5.91 Å². The number of halogens is 1. The van der Waals surface area contributed by atoms with Gasteiger partial charge in [-0.3, -0.25) is 4.79 Å². The summed E-state index contributed by atoms with van der Waals surface area (Å²) >= 11 is 5.96. The summed E-state index contributed by atoms with van der Waals surface area (Å²) in [7, 11) is 0. The molecule has 0 saturated carbocycles. The number of hydrogen-bond donors (Lipinski definition) is 0. The molecule has 2 heterocycles. The number of aryl methyl sites for hydroxylation is 1. The Kier molecular flexibility index (Phi) is 4.77. The molecule has 0 atom stereocenters. The molecule has 0 N–H and O–H groups in total. The predicted octanol–water partition coefficient (Wildman–Crippen LogP) is 2.59. The van der Waals surface area contributed by atoms with Crippen LogP contribution in [-0.2, 0) is 0 Å². The fraction of sp³-hybridized carbons (Fsp3) is 0.263. The summed E-state index contributed by atoms with van der Waals surface area (Å²) in [6.07, 6.45) is 0. The highest BCUT2D eigenvalue weighted by molar-refractivity contribution is 6.30. The van der Waals surface area contributed by atoms with Crippen LogP contribution in [0.15, 0.2) is 48.5 Å². The molecular formula is C19H19ClN6O. The van der Waals surface area contributed by atoms with Gasteiger partial charge in [-0.15, -0.1) is 5.10 Å². The molecule has 1 fully saturated rings. The highest BCUT2D eigenvalue weighted by atomic mass is 35.5. The largest absolute Gasteiger partial charge is 0.368 e. The summed E-state index contributed by atoms with van der Waals surface area (Å²) in [5.74, 6) is 0.703. The van der Waals surface area contributed by atoms with Crippen LogP contribution in [0.1, 0.15) is 16.2 Å². The molecular weight excluding hydrogens is 364 g/mol. The second kappa shape index (κ2) is 7.36. The summed E-state index contributed by atoms with van der Waals surface area (Å²) in [4.78, 5) is 17.1. The molecule has 4 rings (SSSR count). The number of benzene rings is 2. The predicted molar refractivity (Wildman–Crippen MR) is 103 cm³/mol. The molecule has 0 unspecified atom stereocenters. The number of anilines is 1. The van der Waals surface area contributed by atoms with Gasteiger partial charge in [0.2, 0.25) is 0 Å². The summed E-state index contributed by atoms with van der Waals surface area (Å²) in [5, 5.41) is 12.2. The van der Waals surface area contributed by atoms with Crippen molar-refractivity contribution in [2.45, 2.75) is 6.92 Å². The molecule has 1 aliphatic heterocycles. The number of hydrogen-bond acceptors (Lipinski definition) is 5. The molecule has 0 bridgehead atoms. The summed E-state index contributed by atoms with van der Waals surface area (Å²) < 4.78 is 1.62. The van der Waals surface area contributed by atoms with Crippen LogP contribution in [-0.4, -0.2) is 57.2 Å². The number of carbonyl (C=O) groups excluding carboxylic acids is 1. The van der Waals surface area contributed by atoms with E-state index in [0.717, 1.165) is 29.5 Å². The SMILES string of the molecule is Cc1nnnn1-c1cccc(C(=O)N2CCN(c3ccc(Cl)cc3)CC2)c1. The van der Waals surface area contributed by atoms with Crippen molar-refractivity contribution in [1.82, 2.24) is 25.1 Å². The summed E-state index contributed by atoms with van der Waals surface area (Å²) in [5.41, 5.74) is 2.55. The van der Waals surface area contributed by atoms with Crippen molar-refractivity contribution < 1.29 is 4.79 Å². The number of carbonyl (C=O) groups is 1. The second-order valence-electron chi connectivity index (χ2n) is 6.44. The van der Waals surface area contributed by atoms with Crippen LogP contribution in [0, 0.1) is 6.92 Å². The van der Waals surface area contributed by atoms with Crippen molar-refractivity contribution in [2.75, 3.05) is 31.1 Å². The molecule has 1 aliphatic rings. The zero-order valence-electron chi connectivity index (χ0n) is 14.9. The highest BCUT2D eigenvalue weighted by Gasteiger charge is 2.22. The Morgan fingerprint density at radius 2 is 1.74 bits per heavy atom. The maximum Gasteiger partial charge on any atom is 0.254 e. The molecule has 0 spiro atoms. The van der Waals surface area contributed by atoms with Crippen molar-refractivity contribution in [1.29, 1.82) is 0 Å². The standard InChI is InChI=1S/C19H19ClN6O/c1-14-21-22-23-26(14)18-4-2-3-15(13-18)19(27)25-11-9-24(10-12-25)17-7-5-16(20)6-8-17/h2-8,13H,9-12H2,1H3. The minimum atomic E-state index is 0.0262. The topological polar surface area (TPSA) is 67.2 Å². The van der Waals surface area contributed by atoms with E-state index in [1.807, 2.05) is 60.4 Å². The van der Waals surface area contributed by atoms with Crippen LogP contribution < -0.4 is 4.90 Å². The van der Waals surface area contributed by atoms with Crippen molar-refractivity contribution in [2.24, 2.45) is 0 Å². The fourth-order valence-corrected chi connectivity index (χ4v) is 3.37. The van der Waals surface area contributed by atoms with Crippen LogP contribution >= 0.6 is 11.6 Å². The van der Waals surface area contributed by atoms with E-state index in [4.69, 9.17) is 11.6 Å². The van der Waals surface area contributed by atoms with E-state index in [2.05, 4.69) is 20.4 Å². The van der Waals surface area contributed by atoms with E-state index in [1.54, 1.807) is 4.68 Å². The molecule has 1 amide bonds. The summed E-state index contributed by atoms with van der Waals surface area (Å²) in [6, 6.07) is 15.2. The first-order valence-corrected chi connectivity index (χ1v) is 9.15. The average Bonchev–Trinajstić information content (AvgIpc) is 3.14. The third kappa shape index (κ3) is 3.64. The minimum absolute atomic E-state index is 0.0262. The van der Waals surface area contributed by atoms with Crippen LogP contribution in [0.5, 0.6) is 0 Å². The number of piperazine rings is 1. The first kappa shape index (κ1) is 17.5. The minimum Gasteiger partial charge on any atom is -0.368 e. The van der Waals surface area contributed by atoms with Gasteiger partial charge in [0, 0.05) is 42.5 Å². The van der Waals surface area contributed by atoms with E-state index < -0.39 is 0 Å². The molecule has 1 saturated heterocycles. The zero-order valence-corrected chi connectivity index (χ0v) is 15.7. The van der Waals surface area contributed by atoms with E-state index >= 15 is 0 Å². The molecule has 0 aliphatic carbocycles. The van der Waals surface area contributed by atoms with E-state index in [1.165, 1.54) is 0 Å². The number of rotatable bonds is 3. The lowest BCUT2D eigenvalue weighted by molar-refractivity contribution is 0.0746. The van der Waals surface area contributed by atoms with Gasteiger partial charge in [0.25, 0.3) is 5.91 Å². The Morgan fingerprint density at radius 1 is 1.00 bits per heavy atom. The number of nitrogens with zero attached hydrogens (tertiary/aromatic N) is 6. The second-order valence-corrected chi connectivity index (χ2v) is 6.88. The van der Waals surface area contributed by atoms with Crippen molar-refractivity contribution in [3.05, 3.63) is 64.9 Å². The summed E-state index contributed by atoms with van der Waals surface area (Å²) in [6.45, 7) is 4.76. The van der Waals surface area contributed by atoms with Crippen LogP contribution in [0.4, 0.5) is 5.69 Å². The number of tetrazole rings is 1. The van der Waals surface area contributed by atoms with Gasteiger partial charge in [-0.25, -0.2) is 0 Å². The Morgan fingerprint density at radius 3 is 2.41 bits per heavy atom. The lowest BCUT2D eigenvalue weighted by Crippen LogP contribution is -2.48. The van der Waals surface area contributed by atoms with Crippen LogP contribution in [0.3, 0.4) is 0 Å². The maximum absolute atomic E-state index is 12.9. The monoisotopic (exact) mass is 382 g/mol. The number of amides is 1. The lowest BCUT2D eigenvalue weighted by atomic mass is 10.1. The normalized spacial score (nSPS) is 14.4. The van der Waals surface area contributed by atoms with Crippen molar-refractivity contribution >= 4 is 23.2 Å². The average molecular weight is 383 g/mol. The maximum atomic E-state index is 12.9. The molecule has 3 aromatic rings. The van der Waals surface area contributed by atoms with E-state index in [9.17, 15) is 4.79 Å². The van der Waals surface area contributed by atoms with Gasteiger partial charge >= 0.3 is 0 Å². The molecule has 27 heavy (non-hydrogen) atoms. The lowest BCUT2D eigenvalue weighted by Gasteiger charge is -2.36. The highest BCUT2D eigenvalue weighted by Crippen LogP contribution is 2.20. The van der Waals surface area contributed by atoms with Gasteiger partial charge < -0.3 is 9.80 Å². The molecule has 8 heteroatoms. The Bertz CT molecular complexity index is 947. The third-order valence-corrected chi connectivity index (χ3v) is 4.97. The van der Waals surface area contributed by atoms with Crippen LogP contribution in [0.25, 0.3) is 5.69 Å². The molecule has 2 aromatic carbocycles. The first-order valence-electron chi connectivity index (χ1n) is 8.77. The van der Waals surface area contributed by atoms with Gasteiger partial charge in [0.1, 0.15) is 0 Å². The van der Waals surface area contributed by atoms with Gasteiger partial charge in [-0.05, 0) is 59.8 Å². The first-order chi connectivity index (χ1) is 13.1. The van der Waals surface area contributed by atoms with Crippen LogP contribution in [0.2, 0.25) is 5.02 Å². The zero-order chi connectivity index (χ0) is 18.8. The smallest absolute Gasteiger partial charge is 0.254 e. The van der Waals surface area contributed by atoms with Gasteiger partial charge in [0.15, 0.2) is 5.82 Å². The van der Waals surface area contributed by atoms with Crippen molar-refractivity contribution in [3.8, 4) is 5.69 Å². The molecule has 1 aromatic heterocycles. The van der Waals surface area contributed by atoms with Gasteiger partial charge in [-0.1, -0.05) is 17.7 Å². The quantitative estimate of drug-likeness (QED) is 0.696. The Hall–Kier alpha value is -2.93. The molecule has 7 nitrogen and oxygen atoms in total. The van der Waals surface area contributed by atoms with Gasteiger partial charge in [0.05, 0.1) is 5.69 Å². The molecule has 138 valence electrons. The Balaban J connectivity index is 1.45. The number of aromatic nitrogens is 4. The third-order valence-electron chi connectivity index (χ3n) is 4.72. The molecule has 0 radical (unpaired) electrons. The van der Waals surface area contributed by atoms with Gasteiger partial charge in [-0.2, -0.15) is 4.68 Å². The fourth-order valence-electron chi connectivity index (χ4n) is 3.24. The van der Waals surface area contributed by atoms with E-state index in [0.29, 0.717) is 24.5 Å².